The van der Waals surface area contributed by atoms with Gasteiger partial charge >= 0.3 is 6.03 Å². The smallest absolute Gasteiger partial charge is 0.317 e. The lowest BCUT2D eigenvalue weighted by Gasteiger charge is -2.24. The zero-order chi connectivity index (χ0) is 11.4. The SMILES string of the molecule is NCCCN(CCN1CCNC1=O)C1CC1. The maximum atomic E-state index is 11.4. The van der Waals surface area contributed by atoms with Crippen LogP contribution in [0.1, 0.15) is 19.3 Å². The summed E-state index contributed by atoms with van der Waals surface area (Å²) in [6.07, 6.45) is 3.69. The Balaban J connectivity index is 1.70. The normalized spacial score (nSPS) is 20.6. The minimum atomic E-state index is 0.0922. The molecule has 0 atom stereocenters. The molecule has 0 radical (unpaired) electrons. The third-order valence-corrected chi connectivity index (χ3v) is 3.32. The van der Waals surface area contributed by atoms with Gasteiger partial charge in [0.25, 0.3) is 0 Å². The Kier molecular flexibility index (Phi) is 4.01. The first-order valence-electron chi connectivity index (χ1n) is 6.28. The van der Waals surface area contributed by atoms with Gasteiger partial charge in [-0.25, -0.2) is 4.79 Å². The quantitative estimate of drug-likeness (QED) is 0.633. The standard InChI is InChI=1S/C11H22N4O/c12-4-1-6-14(10-2-3-10)8-9-15-7-5-13-11(15)16/h10H,1-9,12H2,(H,13,16). The van der Waals surface area contributed by atoms with E-state index in [1.54, 1.807) is 0 Å². The van der Waals surface area contributed by atoms with Crippen molar-refractivity contribution in [3.05, 3.63) is 0 Å². The first kappa shape index (κ1) is 11.7. The van der Waals surface area contributed by atoms with Gasteiger partial charge in [0.2, 0.25) is 0 Å². The van der Waals surface area contributed by atoms with Gasteiger partial charge in [-0.15, -0.1) is 0 Å². The second-order valence-corrected chi connectivity index (χ2v) is 4.63. The van der Waals surface area contributed by atoms with Crippen molar-refractivity contribution in [3.63, 3.8) is 0 Å². The fraction of sp³-hybridized carbons (Fsp3) is 0.909. The molecule has 3 N–H and O–H groups in total. The Morgan fingerprint density at radius 3 is 2.81 bits per heavy atom. The fourth-order valence-electron chi connectivity index (χ4n) is 2.18. The van der Waals surface area contributed by atoms with Crippen LogP contribution in [0.2, 0.25) is 0 Å². The lowest BCUT2D eigenvalue weighted by Crippen LogP contribution is -2.38. The van der Waals surface area contributed by atoms with E-state index in [0.29, 0.717) is 0 Å². The van der Waals surface area contributed by atoms with E-state index in [0.717, 1.165) is 51.7 Å². The van der Waals surface area contributed by atoms with Gasteiger partial charge in [-0.1, -0.05) is 0 Å². The predicted octanol–water partition coefficient (Wildman–Crippen LogP) is -0.175. The fourth-order valence-corrected chi connectivity index (χ4v) is 2.18. The summed E-state index contributed by atoms with van der Waals surface area (Å²) < 4.78 is 0. The van der Waals surface area contributed by atoms with Gasteiger partial charge in [-0.3, -0.25) is 4.90 Å². The second-order valence-electron chi connectivity index (χ2n) is 4.63. The van der Waals surface area contributed by atoms with E-state index in [1.807, 2.05) is 4.90 Å². The van der Waals surface area contributed by atoms with E-state index in [9.17, 15) is 4.79 Å². The molecule has 16 heavy (non-hydrogen) atoms. The molecule has 2 rings (SSSR count). The van der Waals surface area contributed by atoms with Crippen LogP contribution in [0.25, 0.3) is 0 Å². The van der Waals surface area contributed by atoms with Crippen molar-refractivity contribution in [2.75, 3.05) is 39.3 Å². The van der Waals surface area contributed by atoms with Gasteiger partial charge in [0, 0.05) is 32.2 Å². The minimum Gasteiger partial charge on any atom is -0.336 e. The first-order chi connectivity index (χ1) is 7.81. The Hall–Kier alpha value is -0.810. The maximum absolute atomic E-state index is 11.4. The van der Waals surface area contributed by atoms with Crippen LogP contribution in [-0.4, -0.2) is 61.1 Å². The number of nitrogens with zero attached hydrogens (tertiary/aromatic N) is 2. The Labute approximate surface area is 96.9 Å². The molecule has 0 bridgehead atoms. The molecule has 1 saturated heterocycles. The highest BCUT2D eigenvalue weighted by Gasteiger charge is 2.29. The van der Waals surface area contributed by atoms with Gasteiger partial charge < -0.3 is 16.0 Å². The molecule has 2 amide bonds. The van der Waals surface area contributed by atoms with Crippen molar-refractivity contribution in [1.29, 1.82) is 0 Å². The van der Waals surface area contributed by atoms with Crippen LogP contribution < -0.4 is 11.1 Å². The molecule has 1 aliphatic heterocycles. The Morgan fingerprint density at radius 1 is 1.44 bits per heavy atom. The molecule has 0 aromatic heterocycles. The average Bonchev–Trinajstić information content (AvgIpc) is 3.04. The third-order valence-electron chi connectivity index (χ3n) is 3.32. The molecule has 1 heterocycles. The van der Waals surface area contributed by atoms with Crippen molar-refractivity contribution in [2.24, 2.45) is 5.73 Å². The maximum Gasteiger partial charge on any atom is 0.317 e. The van der Waals surface area contributed by atoms with Crippen LogP contribution in [0.4, 0.5) is 4.79 Å². The summed E-state index contributed by atoms with van der Waals surface area (Å²) >= 11 is 0. The van der Waals surface area contributed by atoms with Gasteiger partial charge in [0.15, 0.2) is 0 Å². The van der Waals surface area contributed by atoms with E-state index in [-0.39, 0.29) is 6.03 Å². The average molecular weight is 226 g/mol. The van der Waals surface area contributed by atoms with Crippen molar-refractivity contribution in [2.45, 2.75) is 25.3 Å². The molecule has 0 unspecified atom stereocenters. The number of amides is 2. The molecule has 1 aliphatic carbocycles. The first-order valence-corrected chi connectivity index (χ1v) is 6.28. The molecular formula is C11H22N4O. The van der Waals surface area contributed by atoms with Crippen molar-refractivity contribution in [3.8, 4) is 0 Å². The lowest BCUT2D eigenvalue weighted by atomic mass is 10.3. The van der Waals surface area contributed by atoms with Gasteiger partial charge in [0.1, 0.15) is 0 Å². The number of hydrogen-bond donors (Lipinski definition) is 2. The highest BCUT2D eigenvalue weighted by Crippen LogP contribution is 2.26. The molecule has 0 spiro atoms. The van der Waals surface area contributed by atoms with Gasteiger partial charge in [-0.05, 0) is 32.4 Å². The number of rotatable bonds is 7. The molecule has 2 aliphatic rings. The number of carbonyl (C=O) groups is 1. The molecule has 0 aromatic carbocycles. The van der Waals surface area contributed by atoms with Gasteiger partial charge in [-0.2, -0.15) is 0 Å². The summed E-state index contributed by atoms with van der Waals surface area (Å²) in [4.78, 5) is 15.7. The molecule has 1 saturated carbocycles. The van der Waals surface area contributed by atoms with Crippen molar-refractivity contribution < 1.29 is 4.79 Å². The van der Waals surface area contributed by atoms with E-state index in [4.69, 9.17) is 5.73 Å². The summed E-state index contributed by atoms with van der Waals surface area (Å²) in [6, 6.07) is 0.854. The summed E-state index contributed by atoms with van der Waals surface area (Å²) in [5.74, 6) is 0. The summed E-state index contributed by atoms with van der Waals surface area (Å²) in [5.41, 5.74) is 5.54. The largest absolute Gasteiger partial charge is 0.336 e. The van der Waals surface area contributed by atoms with E-state index in [1.165, 1.54) is 12.8 Å². The summed E-state index contributed by atoms with van der Waals surface area (Å²) in [5, 5.41) is 2.83. The third kappa shape index (κ3) is 3.09. The van der Waals surface area contributed by atoms with Crippen molar-refractivity contribution in [1.82, 2.24) is 15.1 Å². The van der Waals surface area contributed by atoms with Crippen LogP contribution >= 0.6 is 0 Å². The van der Waals surface area contributed by atoms with E-state index >= 15 is 0 Å². The Bertz CT molecular complexity index is 242. The lowest BCUT2D eigenvalue weighted by molar-refractivity contribution is 0.197. The van der Waals surface area contributed by atoms with Crippen LogP contribution in [-0.2, 0) is 0 Å². The van der Waals surface area contributed by atoms with Crippen LogP contribution in [0.15, 0.2) is 0 Å². The molecule has 2 fully saturated rings. The highest BCUT2D eigenvalue weighted by atomic mass is 16.2. The zero-order valence-electron chi connectivity index (χ0n) is 9.82. The minimum absolute atomic E-state index is 0.0922. The molecule has 5 nitrogen and oxygen atoms in total. The molecular weight excluding hydrogens is 204 g/mol. The van der Waals surface area contributed by atoms with E-state index in [2.05, 4.69) is 10.2 Å². The summed E-state index contributed by atoms with van der Waals surface area (Å²) in [6.45, 7) is 5.34. The molecule has 5 heteroatoms. The second kappa shape index (κ2) is 5.50. The molecule has 0 aromatic rings. The van der Waals surface area contributed by atoms with Crippen molar-refractivity contribution >= 4 is 6.03 Å². The molecule has 92 valence electrons. The number of nitrogens with one attached hydrogen (secondary N) is 1. The van der Waals surface area contributed by atoms with Crippen LogP contribution in [0.3, 0.4) is 0 Å². The number of hydrogen-bond acceptors (Lipinski definition) is 3. The summed E-state index contributed by atoms with van der Waals surface area (Å²) in [7, 11) is 0. The van der Waals surface area contributed by atoms with Crippen LogP contribution in [0.5, 0.6) is 0 Å². The Morgan fingerprint density at radius 2 is 2.25 bits per heavy atom. The number of urea groups is 1. The highest BCUT2D eigenvalue weighted by molar-refractivity contribution is 5.76. The van der Waals surface area contributed by atoms with E-state index < -0.39 is 0 Å². The number of nitrogens with two attached hydrogens (primary N) is 1. The predicted molar refractivity (Wildman–Crippen MR) is 63.2 cm³/mol. The topological polar surface area (TPSA) is 61.6 Å². The number of carbonyl (C=O) groups excluding carboxylic acids is 1. The van der Waals surface area contributed by atoms with Crippen LogP contribution in [0, 0.1) is 0 Å². The van der Waals surface area contributed by atoms with Gasteiger partial charge in [0.05, 0.1) is 0 Å². The zero-order valence-corrected chi connectivity index (χ0v) is 9.82. The monoisotopic (exact) mass is 226 g/mol.